The summed E-state index contributed by atoms with van der Waals surface area (Å²) in [6.07, 6.45) is -3.75. The van der Waals surface area contributed by atoms with Gasteiger partial charge in [0.25, 0.3) is 0 Å². The van der Waals surface area contributed by atoms with Crippen molar-refractivity contribution in [1.29, 1.82) is 0 Å². The zero-order valence-corrected chi connectivity index (χ0v) is 7.84. The SMILES string of the molecule is CC(CCl)OP(=O)(Cl)Cl. The van der Waals surface area contributed by atoms with Crippen LogP contribution >= 0.6 is 40.2 Å². The van der Waals surface area contributed by atoms with Crippen molar-refractivity contribution in [3.63, 3.8) is 0 Å². The van der Waals surface area contributed by atoms with E-state index in [1.54, 1.807) is 6.92 Å². The third-order valence-corrected chi connectivity index (χ3v) is 2.04. The molecule has 0 spiro atoms. The topological polar surface area (TPSA) is 26.3 Å². The Bertz CT molecular complexity index is 122. The maximum atomic E-state index is 10.4. The summed E-state index contributed by atoms with van der Waals surface area (Å²) in [5, 5.41) is 0. The molecule has 0 aromatic carbocycles. The maximum Gasteiger partial charge on any atom is 0.380 e. The highest BCUT2D eigenvalue weighted by molar-refractivity contribution is 8.05. The summed E-state index contributed by atoms with van der Waals surface area (Å²) in [5.41, 5.74) is 0. The summed E-state index contributed by atoms with van der Waals surface area (Å²) < 4.78 is 15.0. The minimum Gasteiger partial charge on any atom is -0.302 e. The standard InChI is InChI=1S/C3H6Cl3O2P/c1-3(2-4)8-9(5,6)7/h3H,2H2,1H3. The zero-order chi connectivity index (χ0) is 7.49. The highest BCUT2D eigenvalue weighted by Gasteiger charge is 2.17. The van der Waals surface area contributed by atoms with Gasteiger partial charge in [0.2, 0.25) is 0 Å². The van der Waals surface area contributed by atoms with Gasteiger partial charge in [0, 0.05) is 5.88 Å². The molecule has 0 aliphatic carbocycles. The fraction of sp³-hybridized carbons (Fsp3) is 1.00. The van der Waals surface area contributed by atoms with Crippen LogP contribution in [0.25, 0.3) is 0 Å². The summed E-state index contributed by atoms with van der Waals surface area (Å²) in [6.45, 7) is 1.63. The average Bonchev–Trinajstić information content (AvgIpc) is 1.62. The van der Waals surface area contributed by atoms with Crippen LogP contribution in [-0.4, -0.2) is 12.0 Å². The van der Waals surface area contributed by atoms with E-state index in [1.807, 2.05) is 0 Å². The van der Waals surface area contributed by atoms with Crippen molar-refractivity contribution in [1.82, 2.24) is 0 Å². The van der Waals surface area contributed by atoms with Crippen LogP contribution in [0.2, 0.25) is 0 Å². The van der Waals surface area contributed by atoms with E-state index in [0.717, 1.165) is 0 Å². The lowest BCUT2D eigenvalue weighted by Crippen LogP contribution is -2.04. The summed E-state index contributed by atoms with van der Waals surface area (Å²) in [4.78, 5) is 0. The lowest BCUT2D eigenvalue weighted by molar-refractivity contribution is 0.263. The second kappa shape index (κ2) is 4.05. The molecule has 9 heavy (non-hydrogen) atoms. The Morgan fingerprint density at radius 2 is 2.11 bits per heavy atom. The molecule has 1 unspecified atom stereocenters. The lowest BCUT2D eigenvalue weighted by Gasteiger charge is -2.08. The molecule has 0 fully saturated rings. The molecular weight excluding hydrogens is 205 g/mol. The Hall–Kier alpha value is 1.06. The van der Waals surface area contributed by atoms with Gasteiger partial charge in [-0.3, -0.25) is 4.57 Å². The number of hydrogen-bond donors (Lipinski definition) is 0. The second-order valence-corrected chi connectivity index (χ2v) is 6.02. The van der Waals surface area contributed by atoms with Gasteiger partial charge < -0.3 is 4.52 Å². The Labute approximate surface area is 68.5 Å². The third kappa shape index (κ3) is 6.95. The average molecular weight is 211 g/mol. The van der Waals surface area contributed by atoms with Gasteiger partial charge in [-0.25, -0.2) is 0 Å². The molecule has 6 heteroatoms. The van der Waals surface area contributed by atoms with Crippen LogP contribution in [0.3, 0.4) is 0 Å². The van der Waals surface area contributed by atoms with Crippen molar-refractivity contribution in [2.75, 3.05) is 5.88 Å². The molecule has 0 bridgehead atoms. The summed E-state index contributed by atoms with van der Waals surface area (Å²) in [6, 6.07) is 0. The van der Waals surface area contributed by atoms with Gasteiger partial charge >= 0.3 is 6.07 Å². The fourth-order valence-corrected chi connectivity index (χ4v) is 1.70. The van der Waals surface area contributed by atoms with Gasteiger partial charge in [-0.15, -0.1) is 11.6 Å². The lowest BCUT2D eigenvalue weighted by atomic mass is 10.5. The van der Waals surface area contributed by atoms with Crippen LogP contribution in [0, 0.1) is 0 Å². The van der Waals surface area contributed by atoms with Gasteiger partial charge in [-0.1, -0.05) is 0 Å². The molecule has 0 saturated carbocycles. The zero-order valence-electron chi connectivity index (χ0n) is 4.68. The van der Waals surface area contributed by atoms with Crippen LogP contribution in [0.15, 0.2) is 0 Å². The quantitative estimate of drug-likeness (QED) is 0.529. The number of hydrogen-bond acceptors (Lipinski definition) is 2. The molecule has 0 aromatic rings. The third-order valence-electron chi connectivity index (χ3n) is 0.520. The molecule has 0 N–H and O–H groups in total. The normalized spacial score (nSPS) is 15.6. The fourth-order valence-electron chi connectivity index (χ4n) is 0.238. The highest BCUT2D eigenvalue weighted by Crippen LogP contribution is 2.58. The summed E-state index contributed by atoms with van der Waals surface area (Å²) in [7, 11) is 0. The van der Waals surface area contributed by atoms with Crippen molar-refractivity contribution in [2.24, 2.45) is 0 Å². The first-order valence-corrected chi connectivity index (χ1v) is 6.16. The minimum atomic E-state index is -3.38. The number of alkyl halides is 1. The predicted octanol–water partition coefficient (Wildman–Crippen LogP) is 3.22. The second-order valence-electron chi connectivity index (χ2n) is 1.48. The van der Waals surface area contributed by atoms with E-state index in [4.69, 9.17) is 34.1 Å². The number of rotatable bonds is 3. The molecule has 0 radical (unpaired) electrons. The first kappa shape index (κ1) is 10.1. The molecule has 1 atom stereocenters. The van der Waals surface area contributed by atoms with Crippen molar-refractivity contribution in [3.05, 3.63) is 0 Å². The van der Waals surface area contributed by atoms with E-state index >= 15 is 0 Å². The predicted molar refractivity (Wildman–Crippen MR) is 40.6 cm³/mol. The Kier molecular flexibility index (Phi) is 4.52. The van der Waals surface area contributed by atoms with Crippen molar-refractivity contribution >= 4 is 40.2 Å². The Morgan fingerprint density at radius 3 is 2.22 bits per heavy atom. The van der Waals surface area contributed by atoms with Crippen LogP contribution in [0.5, 0.6) is 0 Å². The molecule has 0 saturated heterocycles. The van der Waals surface area contributed by atoms with Crippen molar-refractivity contribution in [2.45, 2.75) is 13.0 Å². The van der Waals surface area contributed by atoms with E-state index in [2.05, 4.69) is 4.52 Å². The van der Waals surface area contributed by atoms with Gasteiger partial charge in [0.15, 0.2) is 0 Å². The van der Waals surface area contributed by atoms with Crippen LogP contribution in [0.4, 0.5) is 0 Å². The van der Waals surface area contributed by atoms with Gasteiger partial charge in [-0.2, -0.15) is 0 Å². The smallest absolute Gasteiger partial charge is 0.302 e. The van der Waals surface area contributed by atoms with E-state index in [1.165, 1.54) is 0 Å². The van der Waals surface area contributed by atoms with Crippen molar-refractivity contribution < 1.29 is 9.09 Å². The van der Waals surface area contributed by atoms with E-state index in [9.17, 15) is 4.57 Å². The molecule has 56 valence electrons. The van der Waals surface area contributed by atoms with Crippen LogP contribution < -0.4 is 0 Å². The van der Waals surface area contributed by atoms with E-state index in [-0.39, 0.29) is 12.0 Å². The molecule has 0 aliphatic heterocycles. The highest BCUT2D eigenvalue weighted by atomic mass is 35.9. The Morgan fingerprint density at radius 1 is 1.67 bits per heavy atom. The number of halogens is 3. The van der Waals surface area contributed by atoms with E-state index in [0.29, 0.717) is 0 Å². The van der Waals surface area contributed by atoms with Gasteiger partial charge in [0.05, 0.1) is 6.10 Å². The van der Waals surface area contributed by atoms with E-state index < -0.39 is 6.07 Å². The monoisotopic (exact) mass is 210 g/mol. The van der Waals surface area contributed by atoms with Gasteiger partial charge in [-0.05, 0) is 29.4 Å². The molecule has 0 aromatic heterocycles. The molecule has 2 nitrogen and oxygen atoms in total. The molecular formula is C3H6Cl3O2P. The van der Waals surface area contributed by atoms with Crippen LogP contribution in [0.1, 0.15) is 6.92 Å². The molecule has 0 heterocycles. The molecule has 0 aliphatic rings. The van der Waals surface area contributed by atoms with Crippen molar-refractivity contribution in [3.8, 4) is 0 Å². The Balaban J connectivity index is 3.60. The maximum absolute atomic E-state index is 10.4. The largest absolute Gasteiger partial charge is 0.380 e. The summed E-state index contributed by atoms with van der Waals surface area (Å²) >= 11 is 15.4. The first-order chi connectivity index (χ1) is 3.95. The minimum absolute atomic E-state index is 0.226. The molecule has 0 amide bonds. The summed E-state index contributed by atoms with van der Waals surface area (Å²) in [5.74, 6) is 0.226. The van der Waals surface area contributed by atoms with Gasteiger partial charge in [0.1, 0.15) is 0 Å². The molecule has 0 rings (SSSR count). The van der Waals surface area contributed by atoms with Crippen LogP contribution in [-0.2, 0) is 9.09 Å². The first-order valence-electron chi connectivity index (χ1n) is 2.19.